The van der Waals surface area contributed by atoms with Gasteiger partial charge in [-0.05, 0) is 24.2 Å². The lowest BCUT2D eigenvalue weighted by atomic mass is 10.1. The average Bonchev–Trinajstić information content (AvgIpc) is 2.44. The number of hydrogen-bond acceptors (Lipinski definition) is 2. The predicted molar refractivity (Wildman–Crippen MR) is 55.7 cm³/mol. The van der Waals surface area contributed by atoms with E-state index in [1.54, 1.807) is 0 Å². The van der Waals surface area contributed by atoms with Gasteiger partial charge in [-0.1, -0.05) is 18.7 Å². The molecule has 0 unspecified atom stereocenters. The van der Waals surface area contributed by atoms with Gasteiger partial charge in [-0.25, -0.2) is 0 Å². The summed E-state index contributed by atoms with van der Waals surface area (Å²) < 4.78 is 0. The van der Waals surface area contributed by atoms with Gasteiger partial charge in [0.15, 0.2) is 0 Å². The quantitative estimate of drug-likeness (QED) is 0.715. The van der Waals surface area contributed by atoms with Crippen LogP contribution in [0, 0.1) is 0 Å². The van der Waals surface area contributed by atoms with E-state index in [0.717, 1.165) is 18.7 Å². The topological polar surface area (TPSA) is 24.1 Å². The van der Waals surface area contributed by atoms with Crippen LogP contribution in [0.25, 0.3) is 0 Å². The Bertz CT molecular complexity index is 342. The van der Waals surface area contributed by atoms with Crippen molar-refractivity contribution < 1.29 is 0 Å². The summed E-state index contributed by atoms with van der Waals surface area (Å²) in [6.07, 6.45) is 0.965. The van der Waals surface area contributed by atoms with Gasteiger partial charge in [0.1, 0.15) is 0 Å². The SMILES string of the molecule is C=C1Cc2cc(CNC)ccc2N1. The molecule has 2 rings (SSSR count). The molecule has 0 fully saturated rings. The second kappa shape index (κ2) is 3.23. The lowest BCUT2D eigenvalue weighted by molar-refractivity contribution is 0.817. The van der Waals surface area contributed by atoms with Crippen LogP contribution >= 0.6 is 0 Å². The van der Waals surface area contributed by atoms with Crippen LogP contribution in [0.5, 0.6) is 0 Å². The number of benzene rings is 1. The fourth-order valence-corrected chi connectivity index (χ4v) is 1.69. The average molecular weight is 174 g/mol. The molecule has 1 aromatic carbocycles. The van der Waals surface area contributed by atoms with Gasteiger partial charge in [0.2, 0.25) is 0 Å². The van der Waals surface area contributed by atoms with Gasteiger partial charge < -0.3 is 10.6 Å². The number of fused-ring (bicyclic) bond motifs is 1. The monoisotopic (exact) mass is 174 g/mol. The minimum atomic E-state index is 0.930. The number of hydrogen-bond donors (Lipinski definition) is 2. The smallest absolute Gasteiger partial charge is 0.0418 e. The van der Waals surface area contributed by atoms with Crippen molar-refractivity contribution in [1.82, 2.24) is 5.32 Å². The van der Waals surface area contributed by atoms with E-state index < -0.39 is 0 Å². The largest absolute Gasteiger partial charge is 0.359 e. The highest BCUT2D eigenvalue weighted by Crippen LogP contribution is 2.27. The number of allylic oxidation sites excluding steroid dienone is 1. The Morgan fingerprint density at radius 3 is 3.15 bits per heavy atom. The van der Waals surface area contributed by atoms with E-state index in [4.69, 9.17) is 0 Å². The molecule has 0 aliphatic carbocycles. The Hall–Kier alpha value is -1.28. The minimum Gasteiger partial charge on any atom is -0.359 e. The van der Waals surface area contributed by atoms with E-state index in [0.29, 0.717) is 0 Å². The van der Waals surface area contributed by atoms with Gasteiger partial charge in [0, 0.05) is 24.4 Å². The van der Waals surface area contributed by atoms with Crippen molar-refractivity contribution in [2.24, 2.45) is 0 Å². The van der Waals surface area contributed by atoms with E-state index in [9.17, 15) is 0 Å². The lowest BCUT2D eigenvalue weighted by Gasteiger charge is -2.03. The first-order valence-electron chi connectivity index (χ1n) is 4.51. The van der Waals surface area contributed by atoms with Crippen molar-refractivity contribution in [3.05, 3.63) is 41.6 Å². The van der Waals surface area contributed by atoms with Crippen molar-refractivity contribution in [3.63, 3.8) is 0 Å². The van der Waals surface area contributed by atoms with Gasteiger partial charge in [0.25, 0.3) is 0 Å². The molecule has 0 atom stereocenters. The first-order valence-corrected chi connectivity index (χ1v) is 4.51. The Kier molecular flexibility index (Phi) is 2.07. The summed E-state index contributed by atoms with van der Waals surface area (Å²) in [5.74, 6) is 0. The molecule has 1 aliphatic heterocycles. The standard InChI is InChI=1S/C11H14N2/c1-8-5-10-6-9(7-12-2)3-4-11(10)13-8/h3-4,6,12-13H,1,5,7H2,2H3. The zero-order valence-corrected chi connectivity index (χ0v) is 7.85. The summed E-state index contributed by atoms with van der Waals surface area (Å²) in [6, 6.07) is 6.50. The second-order valence-electron chi connectivity index (χ2n) is 3.43. The second-order valence-corrected chi connectivity index (χ2v) is 3.43. The highest BCUT2D eigenvalue weighted by atomic mass is 14.9. The Labute approximate surface area is 78.7 Å². The van der Waals surface area contributed by atoms with Crippen LogP contribution in [-0.4, -0.2) is 7.05 Å². The normalized spacial score (nSPS) is 14.1. The molecule has 0 aromatic heterocycles. The molecule has 1 aromatic rings. The molecular weight excluding hydrogens is 160 g/mol. The van der Waals surface area contributed by atoms with Crippen LogP contribution in [0.1, 0.15) is 11.1 Å². The fourth-order valence-electron chi connectivity index (χ4n) is 1.69. The van der Waals surface area contributed by atoms with Crippen molar-refractivity contribution in [2.45, 2.75) is 13.0 Å². The Morgan fingerprint density at radius 1 is 1.54 bits per heavy atom. The fraction of sp³-hybridized carbons (Fsp3) is 0.273. The molecule has 0 saturated carbocycles. The highest BCUT2D eigenvalue weighted by Gasteiger charge is 2.12. The van der Waals surface area contributed by atoms with Gasteiger partial charge in [0.05, 0.1) is 0 Å². The van der Waals surface area contributed by atoms with E-state index in [2.05, 4.69) is 35.4 Å². The number of nitrogens with one attached hydrogen (secondary N) is 2. The summed E-state index contributed by atoms with van der Waals surface area (Å²) >= 11 is 0. The molecule has 0 amide bonds. The molecule has 2 heteroatoms. The zero-order chi connectivity index (χ0) is 9.26. The lowest BCUT2D eigenvalue weighted by Crippen LogP contribution is -2.04. The van der Waals surface area contributed by atoms with Crippen molar-refractivity contribution in [1.29, 1.82) is 0 Å². The maximum Gasteiger partial charge on any atom is 0.0418 e. The van der Waals surface area contributed by atoms with Crippen molar-refractivity contribution in [3.8, 4) is 0 Å². The Morgan fingerprint density at radius 2 is 2.38 bits per heavy atom. The van der Waals surface area contributed by atoms with Gasteiger partial charge in [-0.2, -0.15) is 0 Å². The molecule has 0 saturated heterocycles. The van der Waals surface area contributed by atoms with E-state index in [1.165, 1.54) is 16.8 Å². The molecule has 2 N–H and O–H groups in total. The summed E-state index contributed by atoms with van der Waals surface area (Å²) in [4.78, 5) is 0. The van der Waals surface area contributed by atoms with Crippen LogP contribution in [-0.2, 0) is 13.0 Å². The van der Waals surface area contributed by atoms with Crippen LogP contribution < -0.4 is 10.6 Å². The van der Waals surface area contributed by atoms with E-state index in [-0.39, 0.29) is 0 Å². The molecule has 0 bridgehead atoms. The van der Waals surface area contributed by atoms with Crippen LogP contribution in [0.3, 0.4) is 0 Å². The molecule has 0 spiro atoms. The first kappa shape index (κ1) is 8.32. The third kappa shape index (κ3) is 1.58. The predicted octanol–water partition coefficient (Wildman–Crippen LogP) is 1.89. The molecule has 13 heavy (non-hydrogen) atoms. The summed E-state index contributed by atoms with van der Waals surface area (Å²) in [6.45, 7) is 4.85. The zero-order valence-electron chi connectivity index (χ0n) is 7.85. The molecule has 68 valence electrons. The first-order chi connectivity index (χ1) is 6.29. The van der Waals surface area contributed by atoms with Crippen LogP contribution in [0.2, 0.25) is 0 Å². The Balaban J connectivity index is 2.29. The summed E-state index contributed by atoms with van der Waals surface area (Å²) in [5.41, 5.74) is 5.00. The third-order valence-corrected chi connectivity index (χ3v) is 2.27. The van der Waals surface area contributed by atoms with Crippen molar-refractivity contribution >= 4 is 5.69 Å². The van der Waals surface area contributed by atoms with Crippen molar-refractivity contribution in [2.75, 3.05) is 12.4 Å². The molecule has 1 aliphatic rings. The van der Waals surface area contributed by atoms with Gasteiger partial charge >= 0.3 is 0 Å². The van der Waals surface area contributed by atoms with E-state index in [1.807, 2.05) is 7.05 Å². The van der Waals surface area contributed by atoms with Crippen LogP contribution in [0.4, 0.5) is 5.69 Å². The minimum absolute atomic E-state index is 0.930. The number of anilines is 1. The molecule has 0 radical (unpaired) electrons. The maximum absolute atomic E-state index is 3.92. The van der Waals surface area contributed by atoms with Crippen LogP contribution in [0.15, 0.2) is 30.5 Å². The van der Waals surface area contributed by atoms with E-state index >= 15 is 0 Å². The molecule has 2 nitrogen and oxygen atoms in total. The maximum atomic E-state index is 3.92. The third-order valence-electron chi connectivity index (χ3n) is 2.27. The van der Waals surface area contributed by atoms with Gasteiger partial charge in [-0.3, -0.25) is 0 Å². The molecular formula is C11H14N2. The summed E-state index contributed by atoms with van der Waals surface area (Å²) in [5, 5.41) is 6.40. The highest BCUT2D eigenvalue weighted by molar-refractivity contribution is 5.62. The number of rotatable bonds is 2. The molecule has 1 heterocycles. The summed E-state index contributed by atoms with van der Waals surface area (Å²) in [7, 11) is 1.96. The van der Waals surface area contributed by atoms with Gasteiger partial charge in [-0.15, -0.1) is 0 Å².